The fraction of sp³-hybridized carbons (Fsp3) is 0.375. The Bertz CT molecular complexity index is 528. The Kier molecular flexibility index (Phi) is 5.09. The number of nitrogens with zero attached hydrogens (tertiary/aromatic N) is 1. The van der Waals surface area contributed by atoms with Crippen molar-refractivity contribution in [3.63, 3.8) is 0 Å². The average Bonchev–Trinajstić information content (AvgIpc) is 2.80. The smallest absolute Gasteiger partial charge is 0.245 e. The van der Waals surface area contributed by atoms with Crippen LogP contribution in [0.2, 0.25) is 0 Å². The normalized spacial score (nSPS) is 17.9. The molecule has 1 saturated heterocycles. The number of rotatable bonds is 6. The molecule has 0 aliphatic carbocycles. The van der Waals surface area contributed by atoms with Crippen molar-refractivity contribution in [3.8, 4) is 0 Å². The minimum absolute atomic E-state index is 0.0775. The third-order valence-electron chi connectivity index (χ3n) is 3.49. The van der Waals surface area contributed by atoms with E-state index in [1.165, 1.54) is 12.1 Å². The fourth-order valence-electron chi connectivity index (χ4n) is 2.34. The number of carbonyl (C=O) groups excluding carboxylic acids is 2. The van der Waals surface area contributed by atoms with E-state index in [0.29, 0.717) is 32.4 Å². The second kappa shape index (κ2) is 7.02. The number of likely N-dealkylation sites (tertiary alicyclic amines) is 1. The predicted octanol–water partition coefficient (Wildman–Crippen LogP) is 2.01. The lowest BCUT2D eigenvalue weighted by Gasteiger charge is -2.17. The number of hydrogen-bond donors (Lipinski definition) is 1. The van der Waals surface area contributed by atoms with Gasteiger partial charge in [0.25, 0.3) is 0 Å². The molecule has 4 nitrogen and oxygen atoms in total. The SMILES string of the molecule is C=CCCC(=O)NC1CCN(Cc2ccc(F)cc2)C1=O. The van der Waals surface area contributed by atoms with Crippen molar-refractivity contribution in [2.24, 2.45) is 0 Å². The van der Waals surface area contributed by atoms with E-state index in [0.717, 1.165) is 5.56 Å². The minimum atomic E-state index is -0.442. The van der Waals surface area contributed by atoms with Gasteiger partial charge < -0.3 is 10.2 Å². The first-order valence-electron chi connectivity index (χ1n) is 7.03. The van der Waals surface area contributed by atoms with Crippen molar-refractivity contribution in [1.82, 2.24) is 10.2 Å². The standard InChI is InChI=1S/C16H19FN2O2/c1-2-3-4-15(20)18-14-9-10-19(16(14)21)11-12-5-7-13(17)8-6-12/h2,5-8,14H,1,3-4,9-11H2,(H,18,20). The molecule has 1 aliphatic heterocycles. The highest BCUT2D eigenvalue weighted by Gasteiger charge is 2.32. The van der Waals surface area contributed by atoms with Crippen LogP contribution in [-0.2, 0) is 16.1 Å². The first-order valence-corrected chi connectivity index (χ1v) is 7.03. The summed E-state index contributed by atoms with van der Waals surface area (Å²) in [7, 11) is 0. The van der Waals surface area contributed by atoms with E-state index in [1.54, 1.807) is 23.1 Å². The maximum atomic E-state index is 12.8. The summed E-state index contributed by atoms with van der Waals surface area (Å²) in [5.74, 6) is -0.498. The van der Waals surface area contributed by atoms with Crippen LogP contribution in [0.1, 0.15) is 24.8 Å². The zero-order valence-corrected chi connectivity index (χ0v) is 11.8. The van der Waals surface area contributed by atoms with E-state index < -0.39 is 6.04 Å². The van der Waals surface area contributed by atoms with Gasteiger partial charge in [-0.1, -0.05) is 18.2 Å². The Morgan fingerprint density at radius 2 is 2.14 bits per heavy atom. The molecule has 1 atom stereocenters. The molecule has 21 heavy (non-hydrogen) atoms. The predicted molar refractivity (Wildman–Crippen MR) is 77.8 cm³/mol. The van der Waals surface area contributed by atoms with Crippen molar-refractivity contribution < 1.29 is 14.0 Å². The number of allylic oxidation sites excluding steroid dienone is 1. The molecule has 0 saturated carbocycles. The highest BCUT2D eigenvalue weighted by atomic mass is 19.1. The molecule has 0 spiro atoms. The summed E-state index contributed by atoms with van der Waals surface area (Å²) in [6.45, 7) is 4.61. The monoisotopic (exact) mass is 290 g/mol. The van der Waals surface area contributed by atoms with Gasteiger partial charge in [0, 0.05) is 19.5 Å². The Morgan fingerprint density at radius 1 is 1.43 bits per heavy atom. The first-order chi connectivity index (χ1) is 10.1. The van der Waals surface area contributed by atoms with Crippen molar-refractivity contribution in [2.75, 3.05) is 6.54 Å². The number of hydrogen-bond acceptors (Lipinski definition) is 2. The molecular formula is C16H19FN2O2. The quantitative estimate of drug-likeness (QED) is 0.815. The topological polar surface area (TPSA) is 49.4 Å². The van der Waals surface area contributed by atoms with E-state index in [9.17, 15) is 14.0 Å². The molecule has 1 unspecified atom stereocenters. The molecule has 0 aromatic heterocycles. The molecule has 1 heterocycles. The molecule has 1 aromatic carbocycles. The minimum Gasteiger partial charge on any atom is -0.344 e. The largest absolute Gasteiger partial charge is 0.344 e. The molecule has 1 aliphatic rings. The van der Waals surface area contributed by atoms with Crippen LogP contribution in [0.15, 0.2) is 36.9 Å². The van der Waals surface area contributed by atoms with Crippen LogP contribution in [-0.4, -0.2) is 29.3 Å². The lowest BCUT2D eigenvalue weighted by molar-refractivity contribution is -0.133. The highest BCUT2D eigenvalue weighted by Crippen LogP contribution is 2.15. The highest BCUT2D eigenvalue weighted by molar-refractivity contribution is 5.89. The Morgan fingerprint density at radius 3 is 2.81 bits per heavy atom. The van der Waals surface area contributed by atoms with E-state index in [2.05, 4.69) is 11.9 Å². The van der Waals surface area contributed by atoms with Crippen molar-refractivity contribution in [3.05, 3.63) is 48.3 Å². The lowest BCUT2D eigenvalue weighted by Crippen LogP contribution is -2.41. The summed E-state index contributed by atoms with van der Waals surface area (Å²) in [5, 5.41) is 2.75. The number of halogens is 1. The summed E-state index contributed by atoms with van der Waals surface area (Å²) in [6.07, 6.45) is 3.24. The zero-order chi connectivity index (χ0) is 15.2. The molecule has 2 amide bonds. The van der Waals surface area contributed by atoms with Gasteiger partial charge in [-0.15, -0.1) is 6.58 Å². The molecule has 1 N–H and O–H groups in total. The second-order valence-electron chi connectivity index (χ2n) is 5.12. The van der Waals surface area contributed by atoms with Crippen LogP contribution in [0.4, 0.5) is 4.39 Å². The van der Waals surface area contributed by atoms with Gasteiger partial charge in [-0.2, -0.15) is 0 Å². The van der Waals surface area contributed by atoms with Gasteiger partial charge in [-0.25, -0.2) is 4.39 Å². The summed E-state index contributed by atoms with van der Waals surface area (Å²) >= 11 is 0. The lowest BCUT2D eigenvalue weighted by atomic mass is 10.2. The van der Waals surface area contributed by atoms with Crippen LogP contribution in [0, 0.1) is 5.82 Å². The van der Waals surface area contributed by atoms with Crippen molar-refractivity contribution in [2.45, 2.75) is 31.8 Å². The van der Waals surface area contributed by atoms with Crippen LogP contribution < -0.4 is 5.32 Å². The maximum Gasteiger partial charge on any atom is 0.245 e. The zero-order valence-electron chi connectivity index (χ0n) is 11.8. The fourth-order valence-corrected chi connectivity index (χ4v) is 2.34. The molecular weight excluding hydrogens is 271 g/mol. The molecule has 0 bridgehead atoms. The Balaban J connectivity index is 1.87. The Labute approximate surface area is 123 Å². The van der Waals surface area contributed by atoms with Crippen LogP contribution in [0.25, 0.3) is 0 Å². The number of carbonyl (C=O) groups is 2. The molecule has 5 heteroatoms. The van der Waals surface area contributed by atoms with Crippen molar-refractivity contribution >= 4 is 11.8 Å². The summed E-state index contributed by atoms with van der Waals surface area (Å²) in [5.41, 5.74) is 0.878. The summed E-state index contributed by atoms with van der Waals surface area (Å²) < 4.78 is 12.8. The van der Waals surface area contributed by atoms with Gasteiger partial charge in [0.05, 0.1) is 0 Å². The molecule has 112 valence electrons. The number of amides is 2. The van der Waals surface area contributed by atoms with Gasteiger partial charge in [-0.05, 0) is 30.5 Å². The van der Waals surface area contributed by atoms with E-state index in [1.807, 2.05) is 0 Å². The Hall–Kier alpha value is -2.17. The molecule has 2 rings (SSSR count). The van der Waals surface area contributed by atoms with Crippen LogP contribution >= 0.6 is 0 Å². The average molecular weight is 290 g/mol. The van der Waals surface area contributed by atoms with Gasteiger partial charge in [0.15, 0.2) is 0 Å². The van der Waals surface area contributed by atoms with Crippen LogP contribution in [0.5, 0.6) is 0 Å². The second-order valence-corrected chi connectivity index (χ2v) is 5.12. The van der Waals surface area contributed by atoms with Gasteiger partial charge in [0.1, 0.15) is 11.9 Å². The summed E-state index contributed by atoms with van der Waals surface area (Å²) in [6, 6.07) is 5.65. The first kappa shape index (κ1) is 15.2. The third-order valence-corrected chi connectivity index (χ3v) is 3.49. The van der Waals surface area contributed by atoms with Gasteiger partial charge in [-0.3, -0.25) is 9.59 Å². The molecule has 1 aromatic rings. The van der Waals surface area contributed by atoms with Gasteiger partial charge >= 0.3 is 0 Å². The van der Waals surface area contributed by atoms with E-state index in [4.69, 9.17) is 0 Å². The molecule has 0 radical (unpaired) electrons. The van der Waals surface area contributed by atoms with E-state index in [-0.39, 0.29) is 17.6 Å². The van der Waals surface area contributed by atoms with Gasteiger partial charge in [0.2, 0.25) is 11.8 Å². The van der Waals surface area contributed by atoms with Crippen LogP contribution in [0.3, 0.4) is 0 Å². The summed E-state index contributed by atoms with van der Waals surface area (Å²) in [4.78, 5) is 25.5. The van der Waals surface area contributed by atoms with Crippen molar-refractivity contribution in [1.29, 1.82) is 0 Å². The number of nitrogens with one attached hydrogen (secondary N) is 1. The number of benzene rings is 1. The van der Waals surface area contributed by atoms with E-state index >= 15 is 0 Å². The third kappa shape index (κ3) is 4.15. The molecule has 1 fully saturated rings. The maximum absolute atomic E-state index is 12.8.